The Kier molecular flexibility index (Phi) is 6.20. The van der Waals surface area contributed by atoms with Crippen LogP contribution in [-0.2, 0) is 33.2 Å². The molecule has 0 spiro atoms. The summed E-state index contributed by atoms with van der Waals surface area (Å²) < 4.78 is 33.2. The Labute approximate surface area is 166 Å². The fourth-order valence-corrected chi connectivity index (χ4v) is 5.44. The van der Waals surface area contributed by atoms with Gasteiger partial charge in [0, 0.05) is 19.6 Å². The molecular weight excluding hydrogens is 368 g/mol. The van der Waals surface area contributed by atoms with Gasteiger partial charge in [-0.05, 0) is 26.2 Å². The summed E-state index contributed by atoms with van der Waals surface area (Å²) in [5.41, 5.74) is -0.308. The molecule has 160 valence electrons. The first-order valence-corrected chi connectivity index (χ1v) is 9.63. The van der Waals surface area contributed by atoms with Gasteiger partial charge in [0.05, 0.1) is 31.3 Å². The van der Waals surface area contributed by atoms with Crippen LogP contribution in [0.5, 0.6) is 0 Å². The number of carbonyl (C=O) groups excluding carboxylic acids is 1. The van der Waals surface area contributed by atoms with E-state index in [1.54, 1.807) is 14.2 Å². The van der Waals surface area contributed by atoms with Crippen LogP contribution in [0.4, 0.5) is 0 Å². The predicted molar refractivity (Wildman–Crippen MR) is 98.1 cm³/mol. The third-order valence-electron chi connectivity index (χ3n) is 7.03. The average Bonchev–Trinajstić information content (AvgIpc) is 3.01. The minimum Gasteiger partial charge on any atom is -0.469 e. The molecule has 28 heavy (non-hydrogen) atoms. The molecule has 3 rings (SSSR count). The maximum atomic E-state index is 12.5. The van der Waals surface area contributed by atoms with Crippen LogP contribution in [-0.4, -0.2) is 70.6 Å². The number of allylic oxidation sites excluding steroid dienone is 1. The van der Waals surface area contributed by atoms with E-state index in [0.29, 0.717) is 6.61 Å². The Morgan fingerprint density at radius 1 is 1.29 bits per heavy atom. The number of ether oxygens (including phenoxy) is 6. The van der Waals surface area contributed by atoms with E-state index in [2.05, 4.69) is 0 Å². The van der Waals surface area contributed by atoms with Crippen molar-refractivity contribution in [2.45, 2.75) is 51.1 Å². The molecule has 0 radical (unpaired) electrons. The summed E-state index contributed by atoms with van der Waals surface area (Å²) in [6.07, 6.45) is 3.03. The maximum Gasteiger partial charge on any atom is 0.314 e. The Bertz CT molecular complexity index is 621. The first kappa shape index (κ1) is 21.7. The Balaban J connectivity index is 2.08. The zero-order valence-electron chi connectivity index (χ0n) is 17.4. The highest BCUT2D eigenvalue weighted by Crippen LogP contribution is 2.70. The van der Waals surface area contributed by atoms with E-state index in [-0.39, 0.29) is 20.0 Å². The molecule has 0 unspecified atom stereocenters. The van der Waals surface area contributed by atoms with Gasteiger partial charge in [-0.25, -0.2) is 0 Å². The van der Waals surface area contributed by atoms with E-state index in [0.717, 1.165) is 12.8 Å². The van der Waals surface area contributed by atoms with E-state index >= 15 is 0 Å². The second-order valence-corrected chi connectivity index (χ2v) is 8.23. The smallest absolute Gasteiger partial charge is 0.314 e. The molecule has 8 nitrogen and oxygen atoms in total. The summed E-state index contributed by atoms with van der Waals surface area (Å²) in [4.78, 5) is 12.5. The fourth-order valence-electron chi connectivity index (χ4n) is 5.44. The minimum absolute atomic E-state index is 0.0543. The lowest BCUT2D eigenvalue weighted by atomic mass is 9.55. The van der Waals surface area contributed by atoms with Crippen LogP contribution in [0.25, 0.3) is 0 Å². The molecule has 2 aliphatic carbocycles. The van der Waals surface area contributed by atoms with E-state index in [9.17, 15) is 9.90 Å². The van der Waals surface area contributed by atoms with Gasteiger partial charge in [0.25, 0.3) is 0 Å². The second-order valence-electron chi connectivity index (χ2n) is 8.23. The lowest BCUT2D eigenvalue weighted by Crippen LogP contribution is -2.58. The number of methoxy groups -OCH3 is 3. The van der Waals surface area contributed by atoms with Crippen LogP contribution in [0, 0.1) is 16.7 Å². The van der Waals surface area contributed by atoms with Crippen molar-refractivity contribution in [1.29, 1.82) is 0 Å². The lowest BCUT2D eigenvalue weighted by Gasteiger charge is -2.49. The number of rotatable bonds is 8. The molecule has 6 atom stereocenters. The number of hydrogen-bond acceptors (Lipinski definition) is 8. The van der Waals surface area contributed by atoms with Gasteiger partial charge in [0.2, 0.25) is 0 Å². The van der Waals surface area contributed by atoms with Crippen molar-refractivity contribution >= 4 is 5.97 Å². The van der Waals surface area contributed by atoms with Gasteiger partial charge in [-0.1, -0.05) is 18.6 Å². The molecule has 0 amide bonds. The molecule has 1 heterocycles. The molecule has 1 saturated carbocycles. The minimum atomic E-state index is -1.74. The first-order chi connectivity index (χ1) is 13.3. The SMILES string of the molecule is COCOC[C@]12CCC(C)=C[C@H]1O[C@]1(O)[C@@H](C(=O)OC)C[C@@H](OCOC)[C@]21C. The van der Waals surface area contributed by atoms with Gasteiger partial charge < -0.3 is 33.5 Å². The third-order valence-corrected chi connectivity index (χ3v) is 7.03. The molecule has 0 bridgehead atoms. The van der Waals surface area contributed by atoms with Gasteiger partial charge in [0.1, 0.15) is 19.5 Å². The lowest BCUT2D eigenvalue weighted by molar-refractivity contribution is -0.261. The Hall–Kier alpha value is -1.03. The Morgan fingerprint density at radius 3 is 2.64 bits per heavy atom. The van der Waals surface area contributed by atoms with Crippen LogP contribution in [0.3, 0.4) is 0 Å². The highest BCUT2D eigenvalue weighted by atomic mass is 16.7. The molecule has 3 aliphatic rings. The first-order valence-electron chi connectivity index (χ1n) is 9.63. The topological polar surface area (TPSA) is 92.7 Å². The monoisotopic (exact) mass is 400 g/mol. The predicted octanol–water partition coefficient (Wildman–Crippen LogP) is 1.61. The summed E-state index contributed by atoms with van der Waals surface area (Å²) in [7, 11) is 4.42. The molecule has 2 fully saturated rings. The second kappa shape index (κ2) is 8.01. The number of carbonyl (C=O) groups is 1. The summed E-state index contributed by atoms with van der Waals surface area (Å²) in [6, 6.07) is 0. The third kappa shape index (κ3) is 2.93. The Morgan fingerprint density at radius 2 is 2.00 bits per heavy atom. The molecular formula is C20H32O8. The van der Waals surface area contributed by atoms with Crippen molar-refractivity contribution < 1.29 is 38.3 Å². The summed E-state index contributed by atoms with van der Waals surface area (Å²) in [5.74, 6) is -3.10. The van der Waals surface area contributed by atoms with E-state index in [1.165, 1.54) is 12.7 Å². The summed E-state index contributed by atoms with van der Waals surface area (Å²) >= 11 is 0. The van der Waals surface area contributed by atoms with Crippen molar-refractivity contribution in [3.8, 4) is 0 Å². The van der Waals surface area contributed by atoms with Gasteiger partial charge in [-0.15, -0.1) is 0 Å². The van der Waals surface area contributed by atoms with Crippen molar-refractivity contribution in [3.63, 3.8) is 0 Å². The van der Waals surface area contributed by atoms with Crippen LogP contribution in [0.15, 0.2) is 11.6 Å². The molecule has 1 N–H and O–H groups in total. The normalized spacial score (nSPS) is 42.1. The number of aliphatic hydroxyl groups is 1. The molecule has 0 aromatic carbocycles. The van der Waals surface area contributed by atoms with Crippen LogP contribution >= 0.6 is 0 Å². The molecule has 1 saturated heterocycles. The van der Waals surface area contributed by atoms with Crippen molar-refractivity contribution in [1.82, 2.24) is 0 Å². The van der Waals surface area contributed by atoms with Gasteiger partial charge in [-0.2, -0.15) is 0 Å². The van der Waals surface area contributed by atoms with Crippen LogP contribution in [0.2, 0.25) is 0 Å². The zero-order valence-corrected chi connectivity index (χ0v) is 17.4. The quantitative estimate of drug-likeness (QED) is 0.284. The van der Waals surface area contributed by atoms with Crippen molar-refractivity contribution in [2.24, 2.45) is 16.7 Å². The molecule has 0 aromatic heterocycles. The maximum absolute atomic E-state index is 12.5. The van der Waals surface area contributed by atoms with Gasteiger partial charge in [-0.3, -0.25) is 4.79 Å². The summed E-state index contributed by atoms with van der Waals surface area (Å²) in [5, 5.41) is 11.8. The van der Waals surface area contributed by atoms with Gasteiger partial charge in [0.15, 0.2) is 5.79 Å². The fraction of sp³-hybridized carbons (Fsp3) is 0.850. The van der Waals surface area contributed by atoms with Crippen LogP contribution < -0.4 is 0 Å². The van der Waals surface area contributed by atoms with Gasteiger partial charge >= 0.3 is 5.97 Å². The summed E-state index contributed by atoms with van der Waals surface area (Å²) in [6.45, 7) is 4.48. The van der Waals surface area contributed by atoms with E-state index in [4.69, 9.17) is 28.4 Å². The number of esters is 1. The van der Waals surface area contributed by atoms with Crippen LogP contribution in [0.1, 0.15) is 33.1 Å². The number of hydrogen-bond donors (Lipinski definition) is 1. The highest BCUT2D eigenvalue weighted by molar-refractivity contribution is 5.75. The van der Waals surface area contributed by atoms with Crippen molar-refractivity contribution in [2.75, 3.05) is 41.5 Å². The molecule has 8 heteroatoms. The van der Waals surface area contributed by atoms with Crippen molar-refractivity contribution in [3.05, 3.63) is 11.6 Å². The standard InChI is InChI=1S/C20H32O8/c1-13-6-7-19(10-26-11-23-3)16(8-13)28-20(22)14(17(21)25-5)9-15(18(19,20)2)27-12-24-4/h8,14-16,22H,6-7,9-12H2,1-5H3/t14-,15-,16-,18-,19-,20-/m1/s1. The molecule has 0 aromatic rings. The number of fused-ring (bicyclic) bond motifs is 3. The average molecular weight is 400 g/mol. The highest BCUT2D eigenvalue weighted by Gasteiger charge is 2.80. The molecule has 1 aliphatic heterocycles. The zero-order chi connectivity index (χ0) is 20.6. The largest absolute Gasteiger partial charge is 0.469 e. The van der Waals surface area contributed by atoms with E-state index < -0.39 is 40.7 Å². The van der Waals surface area contributed by atoms with E-state index in [1.807, 2.05) is 19.9 Å².